The van der Waals surface area contributed by atoms with Crippen LogP contribution in [-0.2, 0) is 9.59 Å². The van der Waals surface area contributed by atoms with Gasteiger partial charge in [0.25, 0.3) is 0 Å². The molecule has 4 heterocycles. The second kappa shape index (κ2) is 9.31. The number of hydrogen-bond donors (Lipinski definition) is 0. The van der Waals surface area contributed by atoms with Gasteiger partial charge in [0.2, 0.25) is 18.6 Å². The largest absolute Gasteiger partial charge is 0.454 e. The number of ketones is 2. The summed E-state index contributed by atoms with van der Waals surface area (Å²) < 4.78 is 11.7. The molecule has 0 radical (unpaired) electrons. The molecule has 0 unspecified atom stereocenters. The smallest absolute Gasteiger partial charge is 0.240 e. The molecule has 3 aromatic rings. The quantitative estimate of drug-likeness (QED) is 0.315. The Kier molecular flexibility index (Phi) is 5.71. The molecule has 4 aliphatic heterocycles. The number of ether oxygens (including phenoxy) is 2. The first-order valence-electron chi connectivity index (χ1n) is 12.8. The predicted octanol–water partition coefficient (Wildman–Crippen LogP) is 4.56. The molecule has 2 saturated heterocycles. The minimum Gasteiger partial charge on any atom is -0.454 e. The van der Waals surface area contributed by atoms with Crippen molar-refractivity contribution in [1.29, 1.82) is 0 Å². The van der Waals surface area contributed by atoms with E-state index < -0.39 is 35.7 Å². The van der Waals surface area contributed by atoms with Crippen molar-refractivity contribution in [3.63, 3.8) is 0 Å². The summed E-state index contributed by atoms with van der Waals surface area (Å²) >= 11 is 3.39. The van der Waals surface area contributed by atoms with Gasteiger partial charge in [-0.3, -0.25) is 19.2 Å². The molecule has 2 fully saturated rings. The normalized spacial score (nSPS) is 24.2. The van der Waals surface area contributed by atoms with Crippen LogP contribution in [0.25, 0.3) is 0 Å². The lowest BCUT2D eigenvalue weighted by molar-refractivity contribution is -0.123. The van der Waals surface area contributed by atoms with Crippen LogP contribution in [0.2, 0.25) is 0 Å². The number of halogens is 1. The predicted molar refractivity (Wildman–Crippen MR) is 148 cm³/mol. The van der Waals surface area contributed by atoms with Crippen LogP contribution in [0.4, 0.5) is 5.69 Å². The van der Waals surface area contributed by atoms with Gasteiger partial charge < -0.3 is 14.4 Å². The van der Waals surface area contributed by atoms with Gasteiger partial charge in [-0.25, -0.2) is 4.90 Å². The van der Waals surface area contributed by atoms with Crippen molar-refractivity contribution in [1.82, 2.24) is 4.90 Å². The number of carbonyl (C=O) groups excluding carboxylic acids is 4. The van der Waals surface area contributed by atoms with E-state index in [4.69, 9.17) is 9.47 Å². The molecule has 40 heavy (non-hydrogen) atoms. The van der Waals surface area contributed by atoms with Crippen molar-refractivity contribution in [2.75, 3.05) is 11.7 Å². The van der Waals surface area contributed by atoms with Gasteiger partial charge in [-0.1, -0.05) is 64.5 Å². The Labute approximate surface area is 237 Å². The highest BCUT2D eigenvalue weighted by Crippen LogP contribution is 2.48. The van der Waals surface area contributed by atoms with Crippen molar-refractivity contribution < 1.29 is 28.7 Å². The maximum absolute atomic E-state index is 14.0. The van der Waals surface area contributed by atoms with Gasteiger partial charge in [0, 0.05) is 33.4 Å². The molecular formula is C31H21BrN2O6. The Morgan fingerprint density at radius 1 is 0.825 bits per heavy atom. The van der Waals surface area contributed by atoms with E-state index >= 15 is 0 Å². The summed E-state index contributed by atoms with van der Waals surface area (Å²) in [5.41, 5.74) is 1.70. The van der Waals surface area contributed by atoms with Crippen LogP contribution in [-0.4, -0.2) is 47.2 Å². The molecule has 0 aliphatic carbocycles. The van der Waals surface area contributed by atoms with Crippen molar-refractivity contribution in [2.45, 2.75) is 12.1 Å². The zero-order valence-corrected chi connectivity index (χ0v) is 22.5. The first kappa shape index (κ1) is 24.5. The standard InChI is InChI=1S/C31H21BrN2O6/c32-20-8-6-18(7-9-20)29(36)27-26-25(22-14-19(12-13-33(22)27)28(35)17-4-2-1-3-5-17)30(37)34(31(26)38)21-10-11-23-24(15-21)40-16-39-23/h1-15,22,25-27H,16H2/t22-,25-,26+,27-/m1/s1. The van der Waals surface area contributed by atoms with Gasteiger partial charge in [0.05, 0.1) is 23.6 Å². The van der Waals surface area contributed by atoms with Crippen LogP contribution in [0, 0.1) is 11.8 Å². The van der Waals surface area contributed by atoms with E-state index in [1.54, 1.807) is 90.0 Å². The second-order valence-electron chi connectivity index (χ2n) is 9.99. The van der Waals surface area contributed by atoms with E-state index in [1.807, 2.05) is 6.07 Å². The highest BCUT2D eigenvalue weighted by atomic mass is 79.9. The molecule has 0 N–H and O–H groups in total. The molecule has 0 saturated carbocycles. The van der Waals surface area contributed by atoms with Crippen LogP contribution in [0.3, 0.4) is 0 Å². The number of hydrogen-bond acceptors (Lipinski definition) is 7. The maximum Gasteiger partial charge on any atom is 0.240 e. The molecule has 198 valence electrons. The summed E-state index contributed by atoms with van der Waals surface area (Å²) in [6.07, 6.45) is 5.04. The van der Waals surface area contributed by atoms with Crippen molar-refractivity contribution >= 4 is 45.0 Å². The summed E-state index contributed by atoms with van der Waals surface area (Å²) in [7, 11) is 0. The molecular weight excluding hydrogens is 576 g/mol. The fraction of sp³-hybridized carbons (Fsp3) is 0.161. The summed E-state index contributed by atoms with van der Waals surface area (Å²) in [5, 5.41) is 0. The molecule has 0 aromatic heterocycles. The minimum absolute atomic E-state index is 0.0576. The number of benzene rings is 3. The number of carbonyl (C=O) groups is 4. The van der Waals surface area contributed by atoms with Crippen LogP contribution in [0.1, 0.15) is 20.7 Å². The Bertz CT molecular complexity index is 1650. The third kappa shape index (κ3) is 3.72. The third-order valence-electron chi connectivity index (χ3n) is 7.86. The number of nitrogens with zero attached hydrogens (tertiary/aromatic N) is 2. The lowest BCUT2D eigenvalue weighted by Gasteiger charge is -2.32. The summed E-state index contributed by atoms with van der Waals surface area (Å²) in [6.45, 7) is 0.0576. The van der Waals surface area contributed by atoms with E-state index in [9.17, 15) is 19.2 Å². The molecule has 8 nitrogen and oxygen atoms in total. The van der Waals surface area contributed by atoms with Gasteiger partial charge in [-0.05, 0) is 30.3 Å². The fourth-order valence-electron chi connectivity index (χ4n) is 6.02. The molecule has 3 aromatic carbocycles. The number of amides is 2. The Morgan fingerprint density at radius 3 is 2.33 bits per heavy atom. The average Bonchev–Trinajstić information content (AvgIpc) is 3.65. The number of anilines is 1. The SMILES string of the molecule is O=C(C1=C[C@@H]2[C@H]3C(=O)N(c4ccc5c(c4)OCO5)C(=O)[C@@H]3[C@H](C(=O)c3ccc(Br)cc3)N2C=C1)c1ccccc1. The third-order valence-corrected chi connectivity index (χ3v) is 8.39. The molecule has 9 heteroatoms. The second-order valence-corrected chi connectivity index (χ2v) is 10.9. The Morgan fingerprint density at radius 2 is 1.55 bits per heavy atom. The van der Waals surface area contributed by atoms with Gasteiger partial charge in [0.1, 0.15) is 6.04 Å². The van der Waals surface area contributed by atoms with Crippen LogP contribution >= 0.6 is 15.9 Å². The molecule has 0 spiro atoms. The lowest BCUT2D eigenvalue weighted by Crippen LogP contribution is -2.46. The van der Waals surface area contributed by atoms with Gasteiger partial charge in [-0.15, -0.1) is 0 Å². The number of fused-ring (bicyclic) bond motifs is 4. The Balaban J connectivity index is 1.30. The van der Waals surface area contributed by atoms with Gasteiger partial charge in [-0.2, -0.15) is 0 Å². The number of Topliss-reactive ketones (excluding diaryl/α,β-unsaturated/α-hetero) is 2. The number of rotatable bonds is 5. The molecule has 0 bridgehead atoms. The zero-order valence-electron chi connectivity index (χ0n) is 20.9. The van der Waals surface area contributed by atoms with Gasteiger partial charge in [0.15, 0.2) is 23.1 Å². The number of allylic oxidation sites excluding steroid dienone is 2. The summed E-state index contributed by atoms with van der Waals surface area (Å²) in [6, 6.07) is 19.1. The lowest BCUT2D eigenvalue weighted by atomic mass is 9.85. The zero-order chi connectivity index (χ0) is 27.5. The van der Waals surface area contributed by atoms with Gasteiger partial charge >= 0.3 is 0 Å². The molecule has 7 rings (SSSR count). The van der Waals surface area contributed by atoms with Crippen LogP contribution in [0.5, 0.6) is 11.5 Å². The molecule has 4 aliphatic rings. The highest BCUT2D eigenvalue weighted by Gasteiger charge is 2.63. The monoisotopic (exact) mass is 596 g/mol. The summed E-state index contributed by atoms with van der Waals surface area (Å²) in [4.78, 5) is 58.1. The van der Waals surface area contributed by atoms with E-state index in [0.29, 0.717) is 33.9 Å². The number of imide groups is 1. The maximum atomic E-state index is 14.0. The summed E-state index contributed by atoms with van der Waals surface area (Å²) in [5.74, 6) is -2.17. The van der Waals surface area contributed by atoms with E-state index in [2.05, 4.69) is 15.9 Å². The van der Waals surface area contributed by atoms with E-state index in [1.165, 1.54) is 0 Å². The topological polar surface area (TPSA) is 93.2 Å². The average molecular weight is 597 g/mol. The van der Waals surface area contributed by atoms with Crippen molar-refractivity contribution in [2.24, 2.45) is 11.8 Å². The minimum atomic E-state index is -0.939. The molecule has 2 amide bonds. The first-order valence-corrected chi connectivity index (χ1v) is 13.6. The van der Waals surface area contributed by atoms with E-state index in [-0.39, 0.29) is 18.4 Å². The Hall–Kier alpha value is -4.50. The van der Waals surface area contributed by atoms with E-state index in [0.717, 1.165) is 9.37 Å². The van der Waals surface area contributed by atoms with Crippen molar-refractivity contribution in [3.05, 3.63) is 112 Å². The van der Waals surface area contributed by atoms with Crippen LogP contribution < -0.4 is 14.4 Å². The van der Waals surface area contributed by atoms with Crippen molar-refractivity contribution in [3.8, 4) is 11.5 Å². The highest BCUT2D eigenvalue weighted by molar-refractivity contribution is 9.10. The molecule has 4 atom stereocenters. The first-order chi connectivity index (χ1) is 19.4. The van der Waals surface area contributed by atoms with Crippen LogP contribution in [0.15, 0.2) is 101 Å². The fourth-order valence-corrected chi connectivity index (χ4v) is 6.28.